The molecule has 2 rings (SSSR count). The Hall–Kier alpha value is -3.15. The molecule has 6 nitrogen and oxygen atoms in total. The number of carbonyl (C=O) groups excluding carboxylic acids is 2. The SMILES string of the molecule is Cc1ccc(C(=O)NCC(=O)NC(c2ccccc2)C(C)C(=O)O)cc1C. The van der Waals surface area contributed by atoms with Crippen LogP contribution in [0.1, 0.15) is 40.0 Å². The summed E-state index contributed by atoms with van der Waals surface area (Å²) in [5, 5.41) is 14.6. The smallest absolute Gasteiger partial charge is 0.308 e. The molecule has 0 spiro atoms. The number of nitrogens with one attached hydrogen (secondary N) is 2. The number of aliphatic carboxylic acids is 1. The van der Waals surface area contributed by atoms with Crippen LogP contribution in [0.3, 0.4) is 0 Å². The number of amides is 2. The molecule has 0 saturated heterocycles. The first-order valence-corrected chi connectivity index (χ1v) is 8.72. The van der Waals surface area contributed by atoms with Gasteiger partial charge >= 0.3 is 5.97 Å². The average Bonchev–Trinajstić information content (AvgIpc) is 2.66. The maximum Gasteiger partial charge on any atom is 0.308 e. The summed E-state index contributed by atoms with van der Waals surface area (Å²) >= 11 is 0. The number of carbonyl (C=O) groups is 3. The fraction of sp³-hybridized carbons (Fsp3) is 0.286. The van der Waals surface area contributed by atoms with E-state index in [0.29, 0.717) is 11.1 Å². The highest BCUT2D eigenvalue weighted by Crippen LogP contribution is 2.22. The Balaban J connectivity index is 2.02. The molecule has 0 aromatic heterocycles. The normalized spacial score (nSPS) is 12.7. The summed E-state index contributed by atoms with van der Waals surface area (Å²) in [6.07, 6.45) is 0. The first-order chi connectivity index (χ1) is 12.8. The van der Waals surface area contributed by atoms with Crippen LogP contribution < -0.4 is 10.6 Å². The quantitative estimate of drug-likeness (QED) is 0.700. The predicted molar refractivity (Wildman–Crippen MR) is 102 cm³/mol. The maximum absolute atomic E-state index is 12.3. The van der Waals surface area contributed by atoms with Crippen molar-refractivity contribution in [2.75, 3.05) is 6.54 Å². The van der Waals surface area contributed by atoms with Gasteiger partial charge in [0.1, 0.15) is 0 Å². The van der Waals surface area contributed by atoms with Gasteiger partial charge in [0.05, 0.1) is 18.5 Å². The van der Waals surface area contributed by atoms with E-state index in [1.807, 2.05) is 26.0 Å². The number of benzene rings is 2. The summed E-state index contributed by atoms with van der Waals surface area (Å²) in [7, 11) is 0. The zero-order valence-electron chi connectivity index (χ0n) is 15.7. The van der Waals surface area contributed by atoms with Gasteiger partial charge in [-0.25, -0.2) is 0 Å². The van der Waals surface area contributed by atoms with Gasteiger partial charge in [-0.05, 0) is 49.6 Å². The zero-order valence-corrected chi connectivity index (χ0v) is 15.7. The van der Waals surface area contributed by atoms with Gasteiger partial charge in [0.2, 0.25) is 5.91 Å². The Morgan fingerprint density at radius 3 is 2.26 bits per heavy atom. The van der Waals surface area contributed by atoms with Gasteiger partial charge in [-0.3, -0.25) is 14.4 Å². The maximum atomic E-state index is 12.3. The summed E-state index contributed by atoms with van der Waals surface area (Å²) in [6, 6.07) is 13.5. The Labute approximate surface area is 158 Å². The van der Waals surface area contributed by atoms with E-state index in [1.165, 1.54) is 6.92 Å². The minimum Gasteiger partial charge on any atom is -0.481 e. The fourth-order valence-corrected chi connectivity index (χ4v) is 2.67. The number of aryl methyl sites for hydroxylation is 2. The van der Waals surface area contributed by atoms with Crippen molar-refractivity contribution in [3.05, 3.63) is 70.8 Å². The monoisotopic (exact) mass is 368 g/mol. The van der Waals surface area contributed by atoms with Gasteiger partial charge in [0, 0.05) is 5.56 Å². The van der Waals surface area contributed by atoms with Crippen LogP contribution in [0.15, 0.2) is 48.5 Å². The summed E-state index contributed by atoms with van der Waals surface area (Å²) < 4.78 is 0. The second kappa shape index (κ2) is 8.98. The van der Waals surface area contributed by atoms with Gasteiger partial charge < -0.3 is 15.7 Å². The van der Waals surface area contributed by atoms with Gasteiger partial charge in [0.15, 0.2) is 0 Å². The van der Waals surface area contributed by atoms with Crippen molar-refractivity contribution in [1.82, 2.24) is 10.6 Å². The van der Waals surface area contributed by atoms with Crippen molar-refractivity contribution in [3.8, 4) is 0 Å². The van der Waals surface area contributed by atoms with Crippen LogP contribution in [-0.4, -0.2) is 29.4 Å². The van der Waals surface area contributed by atoms with Crippen molar-refractivity contribution in [1.29, 1.82) is 0 Å². The summed E-state index contributed by atoms with van der Waals surface area (Å²) in [5.41, 5.74) is 3.25. The molecule has 0 heterocycles. The van der Waals surface area contributed by atoms with Crippen molar-refractivity contribution in [2.24, 2.45) is 5.92 Å². The van der Waals surface area contributed by atoms with Gasteiger partial charge in [0.25, 0.3) is 5.91 Å². The number of rotatable bonds is 7. The molecule has 0 fully saturated rings. The van der Waals surface area contributed by atoms with Crippen LogP contribution in [0.25, 0.3) is 0 Å². The fourth-order valence-electron chi connectivity index (χ4n) is 2.67. The molecular formula is C21H24N2O4. The van der Waals surface area contributed by atoms with E-state index in [2.05, 4.69) is 10.6 Å². The van der Waals surface area contributed by atoms with E-state index in [9.17, 15) is 19.5 Å². The van der Waals surface area contributed by atoms with Gasteiger partial charge in [-0.1, -0.05) is 36.4 Å². The Kier molecular flexibility index (Phi) is 6.71. The second-order valence-corrected chi connectivity index (χ2v) is 6.56. The lowest BCUT2D eigenvalue weighted by molar-refractivity contribution is -0.142. The zero-order chi connectivity index (χ0) is 20.0. The van der Waals surface area contributed by atoms with Crippen LogP contribution in [0, 0.1) is 19.8 Å². The molecule has 2 atom stereocenters. The van der Waals surface area contributed by atoms with E-state index in [-0.39, 0.29) is 12.5 Å². The first kappa shape index (κ1) is 20.2. The number of hydrogen-bond donors (Lipinski definition) is 3. The largest absolute Gasteiger partial charge is 0.481 e. The first-order valence-electron chi connectivity index (χ1n) is 8.72. The van der Waals surface area contributed by atoms with Crippen LogP contribution in [0.4, 0.5) is 0 Å². The van der Waals surface area contributed by atoms with E-state index in [4.69, 9.17) is 0 Å². The standard InChI is InChI=1S/C21H24N2O4/c1-13-9-10-17(11-14(13)2)20(25)22-12-18(24)23-19(15(3)21(26)27)16-7-5-4-6-8-16/h4-11,15,19H,12H2,1-3H3,(H,22,25)(H,23,24)(H,26,27). The highest BCUT2D eigenvalue weighted by Gasteiger charge is 2.26. The minimum absolute atomic E-state index is 0.235. The van der Waals surface area contributed by atoms with Crippen molar-refractivity contribution >= 4 is 17.8 Å². The summed E-state index contributed by atoms with van der Waals surface area (Å²) in [6.45, 7) is 5.17. The van der Waals surface area contributed by atoms with E-state index >= 15 is 0 Å². The summed E-state index contributed by atoms with van der Waals surface area (Å²) in [5.74, 6) is -2.62. The molecule has 2 amide bonds. The molecule has 0 bridgehead atoms. The highest BCUT2D eigenvalue weighted by molar-refractivity contribution is 5.96. The lowest BCUT2D eigenvalue weighted by Gasteiger charge is -2.23. The molecule has 0 aliphatic heterocycles. The number of carboxylic acids is 1. The molecule has 6 heteroatoms. The lowest BCUT2D eigenvalue weighted by Crippen LogP contribution is -2.41. The third-order valence-electron chi connectivity index (χ3n) is 4.54. The third-order valence-corrected chi connectivity index (χ3v) is 4.54. The van der Waals surface area contributed by atoms with E-state index < -0.39 is 23.8 Å². The Morgan fingerprint density at radius 1 is 1.00 bits per heavy atom. The molecule has 142 valence electrons. The number of carboxylic acid groups (broad SMARTS) is 1. The van der Waals surface area contributed by atoms with E-state index in [1.54, 1.807) is 36.4 Å². The van der Waals surface area contributed by atoms with Gasteiger partial charge in [-0.2, -0.15) is 0 Å². The minimum atomic E-state index is -1.01. The molecule has 0 radical (unpaired) electrons. The molecule has 2 aromatic rings. The average molecular weight is 368 g/mol. The molecule has 2 aromatic carbocycles. The lowest BCUT2D eigenvalue weighted by atomic mass is 9.94. The molecular weight excluding hydrogens is 344 g/mol. The highest BCUT2D eigenvalue weighted by atomic mass is 16.4. The Bertz CT molecular complexity index is 833. The molecule has 2 unspecified atom stereocenters. The number of hydrogen-bond acceptors (Lipinski definition) is 3. The van der Waals surface area contributed by atoms with Crippen molar-refractivity contribution < 1.29 is 19.5 Å². The van der Waals surface area contributed by atoms with Crippen molar-refractivity contribution in [3.63, 3.8) is 0 Å². The van der Waals surface area contributed by atoms with Gasteiger partial charge in [-0.15, -0.1) is 0 Å². The van der Waals surface area contributed by atoms with Crippen molar-refractivity contribution in [2.45, 2.75) is 26.8 Å². The molecule has 27 heavy (non-hydrogen) atoms. The second-order valence-electron chi connectivity index (χ2n) is 6.56. The van der Waals surface area contributed by atoms with Crippen LogP contribution in [0.2, 0.25) is 0 Å². The summed E-state index contributed by atoms with van der Waals surface area (Å²) in [4.78, 5) is 35.9. The Morgan fingerprint density at radius 2 is 1.67 bits per heavy atom. The van der Waals surface area contributed by atoms with Crippen LogP contribution >= 0.6 is 0 Å². The molecule has 0 aliphatic rings. The molecule has 3 N–H and O–H groups in total. The van der Waals surface area contributed by atoms with E-state index in [0.717, 1.165) is 11.1 Å². The predicted octanol–water partition coefficient (Wildman–Crippen LogP) is 2.61. The van der Waals surface area contributed by atoms with Crippen LogP contribution in [-0.2, 0) is 9.59 Å². The van der Waals surface area contributed by atoms with Crippen LogP contribution in [0.5, 0.6) is 0 Å². The molecule has 0 saturated carbocycles. The molecule has 0 aliphatic carbocycles. The topological polar surface area (TPSA) is 95.5 Å². The third kappa shape index (κ3) is 5.41.